The average Bonchev–Trinajstić information content (AvgIpc) is 3.02. The number of fused-ring (bicyclic) bond motifs is 2. The lowest BCUT2D eigenvalue weighted by Crippen LogP contribution is -2.46. The Morgan fingerprint density at radius 3 is 1.09 bits per heavy atom. The van der Waals surface area contributed by atoms with Gasteiger partial charge >= 0.3 is 0 Å². The van der Waals surface area contributed by atoms with Gasteiger partial charge in [0.05, 0.1) is 0 Å². The van der Waals surface area contributed by atoms with Crippen LogP contribution >= 0.6 is 0 Å². The van der Waals surface area contributed by atoms with Crippen LogP contribution in [-0.4, -0.2) is 0 Å². The molecule has 0 unspecified atom stereocenters. The minimum absolute atomic E-state index is 0.00650. The Kier molecular flexibility index (Phi) is 5.13. The van der Waals surface area contributed by atoms with E-state index in [1.165, 1.54) is 44.5 Å². The maximum absolute atomic E-state index is 2.60. The van der Waals surface area contributed by atoms with Crippen molar-refractivity contribution in [2.45, 2.75) is 127 Å². The van der Waals surface area contributed by atoms with Crippen molar-refractivity contribution in [3.63, 3.8) is 0 Å². The zero-order valence-electron chi connectivity index (χ0n) is 25.0. The number of benzene rings is 2. The molecule has 0 heteroatoms. The zero-order valence-corrected chi connectivity index (χ0v) is 25.0. The maximum atomic E-state index is 2.60. The molecular weight excluding hydrogens is 408 g/mol. The van der Waals surface area contributed by atoms with Gasteiger partial charge in [0.1, 0.15) is 0 Å². The van der Waals surface area contributed by atoms with Gasteiger partial charge in [0.25, 0.3) is 0 Å². The normalized spacial score (nSPS) is 21.2. The minimum Gasteiger partial charge on any atom is -0.0588 e. The van der Waals surface area contributed by atoms with E-state index in [4.69, 9.17) is 0 Å². The Morgan fingerprint density at radius 1 is 0.382 bits per heavy atom. The highest BCUT2D eigenvalue weighted by molar-refractivity contribution is 5.90. The van der Waals surface area contributed by atoms with Gasteiger partial charge in [0.15, 0.2) is 0 Å². The van der Waals surface area contributed by atoms with E-state index < -0.39 is 0 Å². The first-order valence-electron chi connectivity index (χ1n) is 13.2. The first-order valence-corrected chi connectivity index (χ1v) is 13.2. The lowest BCUT2D eigenvalue weighted by atomic mass is 9.52. The molecule has 2 aliphatic rings. The van der Waals surface area contributed by atoms with E-state index in [0.29, 0.717) is 0 Å². The van der Waals surface area contributed by atoms with Gasteiger partial charge in [0, 0.05) is 21.7 Å². The van der Waals surface area contributed by atoms with E-state index in [1.807, 2.05) is 0 Å². The molecule has 0 bridgehead atoms. The SMILES string of the molecule is CC1=C(C2(C)C(C)(C)c3c(C)c(C)c(C)c(C)c3C2(C)C)c2c(C)c(C)c(C)c(C)c2C1(C)C. The van der Waals surface area contributed by atoms with Crippen LogP contribution in [0.5, 0.6) is 0 Å². The van der Waals surface area contributed by atoms with E-state index in [2.05, 4.69) is 111 Å². The highest BCUT2D eigenvalue weighted by atomic mass is 14.7. The standard InChI is InChI=1S/C34H48/c1-17-18(2)22(6)27-26(21(17)5)30(25(9)31(27,10)11)34(16)32(12,13)28-23(7)19(3)20(4)24(8)29(28)33(34,14)15/h1-16H3. The lowest BCUT2D eigenvalue weighted by Gasteiger charge is -2.50. The van der Waals surface area contributed by atoms with Crippen LogP contribution in [0.3, 0.4) is 0 Å². The summed E-state index contributed by atoms with van der Waals surface area (Å²) in [4.78, 5) is 0. The van der Waals surface area contributed by atoms with Crippen molar-refractivity contribution in [2.24, 2.45) is 5.41 Å². The lowest BCUT2D eigenvalue weighted by molar-refractivity contribution is 0.174. The summed E-state index contributed by atoms with van der Waals surface area (Å²) in [7, 11) is 0. The van der Waals surface area contributed by atoms with Gasteiger partial charge < -0.3 is 0 Å². The van der Waals surface area contributed by atoms with Gasteiger partial charge in [-0.3, -0.25) is 0 Å². The largest absolute Gasteiger partial charge is 0.0588 e. The average molecular weight is 457 g/mol. The van der Waals surface area contributed by atoms with Crippen molar-refractivity contribution in [2.75, 3.05) is 0 Å². The molecule has 2 aromatic rings. The molecule has 34 heavy (non-hydrogen) atoms. The zero-order chi connectivity index (χ0) is 26.1. The fraction of sp³-hybridized carbons (Fsp3) is 0.588. The summed E-state index contributed by atoms with van der Waals surface area (Å²) in [5, 5.41) is 0. The quantitative estimate of drug-likeness (QED) is 0.401. The number of rotatable bonds is 1. The van der Waals surface area contributed by atoms with Gasteiger partial charge in [-0.1, -0.05) is 54.0 Å². The predicted octanol–water partition coefficient (Wildman–Crippen LogP) is 9.49. The van der Waals surface area contributed by atoms with Crippen molar-refractivity contribution in [3.8, 4) is 0 Å². The summed E-state index contributed by atoms with van der Waals surface area (Å²) in [6.07, 6.45) is 0. The first kappa shape index (κ1) is 25.3. The van der Waals surface area contributed by atoms with Crippen LogP contribution < -0.4 is 0 Å². The predicted molar refractivity (Wildman–Crippen MR) is 151 cm³/mol. The van der Waals surface area contributed by atoms with Crippen molar-refractivity contribution in [1.29, 1.82) is 0 Å². The molecule has 0 fully saturated rings. The summed E-state index contributed by atoms with van der Waals surface area (Å²) in [6.45, 7) is 38.9. The van der Waals surface area contributed by atoms with E-state index in [0.717, 1.165) is 0 Å². The third-order valence-corrected chi connectivity index (χ3v) is 11.8. The van der Waals surface area contributed by atoms with Gasteiger partial charge in [-0.2, -0.15) is 0 Å². The molecule has 0 nitrogen and oxygen atoms in total. The molecule has 0 N–H and O–H groups in total. The summed E-state index contributed by atoms with van der Waals surface area (Å²) < 4.78 is 0. The second-order valence-electron chi connectivity index (χ2n) is 13.5. The smallest absolute Gasteiger partial charge is 0.0117 e. The van der Waals surface area contributed by atoms with E-state index in [1.54, 1.807) is 33.4 Å². The second-order valence-corrected chi connectivity index (χ2v) is 13.5. The summed E-state index contributed by atoms with van der Waals surface area (Å²) in [5.74, 6) is 0. The van der Waals surface area contributed by atoms with E-state index >= 15 is 0 Å². The number of hydrogen-bond donors (Lipinski definition) is 0. The van der Waals surface area contributed by atoms with Crippen LogP contribution in [0.4, 0.5) is 0 Å². The Bertz CT molecular complexity index is 1250. The van der Waals surface area contributed by atoms with Crippen LogP contribution in [0.1, 0.15) is 122 Å². The molecule has 184 valence electrons. The molecule has 0 aliphatic heterocycles. The number of allylic oxidation sites excluding steroid dienone is 2. The molecule has 2 aliphatic carbocycles. The molecule has 0 heterocycles. The topological polar surface area (TPSA) is 0 Å². The third-order valence-electron chi connectivity index (χ3n) is 11.8. The molecule has 0 amide bonds. The summed E-state index contributed by atoms with van der Waals surface area (Å²) >= 11 is 0. The van der Waals surface area contributed by atoms with E-state index in [9.17, 15) is 0 Å². The van der Waals surface area contributed by atoms with Crippen molar-refractivity contribution >= 4 is 5.57 Å². The van der Waals surface area contributed by atoms with Crippen LogP contribution in [-0.2, 0) is 16.2 Å². The molecule has 0 spiro atoms. The molecule has 0 aromatic heterocycles. The molecular formula is C34H48. The summed E-state index contributed by atoms with van der Waals surface area (Å²) in [6, 6.07) is 0. The van der Waals surface area contributed by atoms with Crippen molar-refractivity contribution < 1.29 is 0 Å². The fourth-order valence-electron chi connectivity index (χ4n) is 8.50. The minimum atomic E-state index is -0.0381. The van der Waals surface area contributed by atoms with Gasteiger partial charge in [-0.25, -0.2) is 0 Å². The van der Waals surface area contributed by atoms with Crippen molar-refractivity contribution in [3.05, 3.63) is 72.3 Å². The third kappa shape index (κ3) is 2.46. The van der Waals surface area contributed by atoms with Crippen LogP contribution in [0.2, 0.25) is 0 Å². The van der Waals surface area contributed by atoms with Crippen molar-refractivity contribution in [1.82, 2.24) is 0 Å². The van der Waals surface area contributed by atoms with Gasteiger partial charge in [0.2, 0.25) is 0 Å². The molecule has 4 rings (SSSR count). The van der Waals surface area contributed by atoms with Crippen LogP contribution in [0.25, 0.3) is 5.57 Å². The Morgan fingerprint density at radius 2 is 0.706 bits per heavy atom. The highest BCUT2D eigenvalue weighted by Crippen LogP contribution is 2.71. The molecule has 0 saturated carbocycles. The Labute approximate surface area is 210 Å². The number of hydrogen-bond acceptors (Lipinski definition) is 0. The van der Waals surface area contributed by atoms with Crippen LogP contribution in [0.15, 0.2) is 5.57 Å². The second kappa shape index (κ2) is 6.89. The van der Waals surface area contributed by atoms with Gasteiger partial charge in [-0.15, -0.1) is 0 Å². The van der Waals surface area contributed by atoms with E-state index in [-0.39, 0.29) is 21.7 Å². The fourth-order valence-corrected chi connectivity index (χ4v) is 8.50. The summed E-state index contributed by atoms with van der Waals surface area (Å²) in [5.41, 5.74) is 21.4. The molecule has 0 atom stereocenters. The van der Waals surface area contributed by atoms with Crippen LogP contribution in [0, 0.1) is 60.8 Å². The van der Waals surface area contributed by atoms with Gasteiger partial charge in [-0.05, 0) is 135 Å². The monoisotopic (exact) mass is 456 g/mol. The highest BCUT2D eigenvalue weighted by Gasteiger charge is 2.64. The Balaban J connectivity index is 2.22. The Hall–Kier alpha value is -1.82. The molecule has 2 aromatic carbocycles. The molecule has 0 radical (unpaired) electrons. The maximum Gasteiger partial charge on any atom is 0.0117 e. The first-order chi connectivity index (χ1) is 15.3. The molecule has 0 saturated heterocycles.